The summed E-state index contributed by atoms with van der Waals surface area (Å²) in [5.41, 5.74) is 1.41. The van der Waals surface area contributed by atoms with Crippen molar-refractivity contribution in [3.63, 3.8) is 0 Å². The molecule has 1 fully saturated rings. The Hall–Kier alpha value is -2.09. The van der Waals surface area contributed by atoms with Gasteiger partial charge in [-0.1, -0.05) is 20.8 Å². The SMILES string of the molecule is CC(C)N(c1ccc(N=Nc2c(C#N)c(C(C)(C)C)nn2C2CCS(=O)(=O)C2)c(NCOc2cc(S(=O)(=O)[O-])cc(S(=O)(=O)[O-])c2)c1)C(C)C.[Na+].[Na+]. The molecule has 0 amide bonds. The number of nitriles is 1. The number of benzene rings is 2. The van der Waals surface area contributed by atoms with Crippen LogP contribution in [0.1, 0.15) is 72.2 Å². The van der Waals surface area contributed by atoms with E-state index in [4.69, 9.17) is 4.74 Å². The first kappa shape index (κ1) is 46.1. The summed E-state index contributed by atoms with van der Waals surface area (Å²) in [6.07, 6.45) is 0.296. The molecule has 1 saturated heterocycles. The Balaban J connectivity index is 0.00000468. The van der Waals surface area contributed by atoms with E-state index in [1.807, 2.05) is 54.5 Å². The van der Waals surface area contributed by atoms with Crippen LogP contribution in [0.25, 0.3) is 0 Å². The average Bonchev–Trinajstić information content (AvgIpc) is 3.54. The maximum absolute atomic E-state index is 12.4. The summed E-state index contributed by atoms with van der Waals surface area (Å²) < 4.78 is 102. The van der Waals surface area contributed by atoms with Crippen LogP contribution in [0, 0.1) is 11.3 Å². The van der Waals surface area contributed by atoms with E-state index in [2.05, 4.69) is 31.6 Å². The van der Waals surface area contributed by atoms with Gasteiger partial charge in [-0.15, -0.1) is 10.2 Å². The minimum absolute atomic E-state index is 0. The molecular formula is C31H39N7Na2O9S3. The number of anilines is 2. The van der Waals surface area contributed by atoms with Gasteiger partial charge in [0.15, 0.2) is 22.4 Å². The first-order chi connectivity index (χ1) is 23.0. The molecule has 3 aromatic rings. The Labute approximate surface area is 349 Å². The predicted molar refractivity (Wildman–Crippen MR) is 183 cm³/mol. The molecule has 2 aromatic carbocycles. The number of hydrogen-bond donors (Lipinski definition) is 1. The number of hydrogen-bond acceptors (Lipinski definition) is 15. The number of aromatic nitrogens is 2. The molecule has 272 valence electrons. The van der Waals surface area contributed by atoms with Crippen molar-refractivity contribution in [2.75, 3.05) is 28.5 Å². The Morgan fingerprint density at radius 1 is 1.02 bits per heavy atom. The molecular weight excluding hydrogens is 757 g/mol. The molecule has 52 heavy (non-hydrogen) atoms. The molecule has 1 aliphatic rings. The topological polar surface area (TPSA) is 239 Å². The standard InChI is InChI=1S/C31H41N7O9S3.2Na/c1-19(2)37(20(3)4)21-8-9-27(28(12-21)33-18-47-23-13-24(49(41,42)43)15-25(14-23)50(44,45)46)34-35-30-26(16-32)29(31(5,6)7)36-38(30)22-10-11-48(39,40)17-22;;/h8-9,12-15,19-20,22,33H,10-11,17-18H2,1-7H3,(H,41,42,43)(H,44,45,46);;/q;2*+1/p-2. The number of ether oxygens (including phenoxy) is 1. The average molecular weight is 796 g/mol. The van der Waals surface area contributed by atoms with Gasteiger partial charge >= 0.3 is 59.1 Å². The molecule has 2 heterocycles. The largest absolute Gasteiger partial charge is 1.00 e. The second-order valence-corrected chi connectivity index (χ2v) is 18.4. The van der Waals surface area contributed by atoms with E-state index < -0.39 is 58.1 Å². The Bertz CT molecular complexity index is 2120. The van der Waals surface area contributed by atoms with E-state index in [9.17, 15) is 39.6 Å². The predicted octanol–water partition coefficient (Wildman–Crippen LogP) is -1.28. The Morgan fingerprint density at radius 2 is 1.60 bits per heavy atom. The monoisotopic (exact) mass is 795 g/mol. The van der Waals surface area contributed by atoms with E-state index in [0.717, 1.165) is 17.8 Å². The van der Waals surface area contributed by atoms with E-state index in [-0.39, 0.29) is 106 Å². The van der Waals surface area contributed by atoms with Crippen molar-refractivity contribution in [1.29, 1.82) is 5.26 Å². The van der Waals surface area contributed by atoms with Crippen molar-refractivity contribution < 1.29 is 98.2 Å². The molecule has 1 atom stereocenters. The Kier molecular flexibility index (Phi) is 15.6. The van der Waals surface area contributed by atoms with Gasteiger partial charge in [0.1, 0.15) is 43.3 Å². The Morgan fingerprint density at radius 3 is 2.06 bits per heavy atom. The molecule has 4 rings (SSSR count). The maximum Gasteiger partial charge on any atom is 1.00 e. The quantitative estimate of drug-likeness (QED) is 0.0974. The van der Waals surface area contributed by atoms with Crippen LogP contribution in [-0.2, 0) is 35.5 Å². The summed E-state index contributed by atoms with van der Waals surface area (Å²) in [5, 5.41) is 26.7. The van der Waals surface area contributed by atoms with Gasteiger partial charge in [-0.2, -0.15) is 10.4 Å². The van der Waals surface area contributed by atoms with Crippen LogP contribution in [0.15, 0.2) is 56.4 Å². The van der Waals surface area contributed by atoms with Crippen LogP contribution in [0.2, 0.25) is 0 Å². The number of rotatable bonds is 12. The molecule has 0 aliphatic carbocycles. The van der Waals surface area contributed by atoms with Crippen molar-refractivity contribution in [2.24, 2.45) is 10.2 Å². The third-order valence-corrected chi connectivity index (χ3v) is 11.2. The van der Waals surface area contributed by atoms with Gasteiger partial charge in [-0.05, 0) is 70.5 Å². The van der Waals surface area contributed by atoms with Gasteiger partial charge in [0.05, 0.1) is 38.7 Å². The van der Waals surface area contributed by atoms with E-state index in [0.29, 0.717) is 23.9 Å². The first-order valence-electron chi connectivity index (χ1n) is 15.5. The number of nitrogens with zero attached hydrogens (tertiary/aromatic N) is 6. The fraction of sp³-hybridized carbons (Fsp3) is 0.484. The van der Waals surface area contributed by atoms with Crippen LogP contribution < -0.4 is 74.1 Å². The van der Waals surface area contributed by atoms with Crippen LogP contribution in [-0.4, -0.2) is 74.5 Å². The van der Waals surface area contributed by atoms with Crippen LogP contribution in [0.4, 0.5) is 22.9 Å². The zero-order valence-corrected chi connectivity index (χ0v) is 37.1. The third kappa shape index (κ3) is 11.2. The van der Waals surface area contributed by atoms with Gasteiger partial charge in [-0.25, -0.2) is 29.9 Å². The molecule has 0 radical (unpaired) electrons. The number of azo groups is 1. The smallest absolute Gasteiger partial charge is 0.744 e. The van der Waals surface area contributed by atoms with E-state index >= 15 is 0 Å². The van der Waals surface area contributed by atoms with Crippen molar-refractivity contribution in [3.05, 3.63) is 47.7 Å². The summed E-state index contributed by atoms with van der Waals surface area (Å²) in [6.45, 7) is 13.3. The van der Waals surface area contributed by atoms with Gasteiger partial charge in [0.2, 0.25) is 0 Å². The van der Waals surface area contributed by atoms with Gasteiger partial charge < -0.3 is 24.1 Å². The van der Waals surface area contributed by atoms with Crippen molar-refractivity contribution in [2.45, 2.75) is 88.2 Å². The summed E-state index contributed by atoms with van der Waals surface area (Å²) in [6, 6.07) is 9.10. The second kappa shape index (κ2) is 17.6. The number of nitrogens with one attached hydrogen (secondary N) is 1. The molecule has 0 bridgehead atoms. The minimum atomic E-state index is -5.14. The molecule has 1 aliphatic heterocycles. The van der Waals surface area contributed by atoms with Crippen molar-refractivity contribution >= 4 is 53.0 Å². The molecule has 21 heteroatoms. The van der Waals surface area contributed by atoms with Crippen LogP contribution in [0.5, 0.6) is 5.75 Å². The molecule has 0 saturated carbocycles. The molecule has 16 nitrogen and oxygen atoms in total. The summed E-state index contributed by atoms with van der Waals surface area (Å²) >= 11 is 0. The third-order valence-electron chi connectivity index (χ3n) is 7.84. The number of sulfone groups is 1. The second-order valence-electron chi connectivity index (χ2n) is 13.4. The van der Waals surface area contributed by atoms with Gasteiger partial charge in [-0.3, -0.25) is 0 Å². The molecule has 1 aromatic heterocycles. The zero-order valence-electron chi connectivity index (χ0n) is 30.6. The van der Waals surface area contributed by atoms with Crippen molar-refractivity contribution in [3.8, 4) is 11.8 Å². The summed E-state index contributed by atoms with van der Waals surface area (Å²) in [5.74, 6) is -0.462. The van der Waals surface area contributed by atoms with E-state index in [1.54, 1.807) is 12.1 Å². The molecule has 0 spiro atoms. The van der Waals surface area contributed by atoms with E-state index in [1.165, 1.54) is 4.68 Å². The summed E-state index contributed by atoms with van der Waals surface area (Å²) in [4.78, 5) is 0.208. The van der Waals surface area contributed by atoms with Crippen LogP contribution >= 0.6 is 0 Å². The molecule has 1 N–H and O–H groups in total. The zero-order chi connectivity index (χ0) is 37.4. The summed E-state index contributed by atoms with van der Waals surface area (Å²) in [7, 11) is -13.6. The molecule has 1 unspecified atom stereocenters. The normalized spacial score (nSPS) is 16.0. The fourth-order valence-electron chi connectivity index (χ4n) is 5.69. The minimum Gasteiger partial charge on any atom is -0.744 e. The van der Waals surface area contributed by atoms with Gasteiger partial charge in [0.25, 0.3) is 0 Å². The first-order valence-corrected chi connectivity index (χ1v) is 20.2. The van der Waals surface area contributed by atoms with Gasteiger partial charge in [0, 0.05) is 23.2 Å². The fourth-order valence-corrected chi connectivity index (χ4v) is 8.52. The van der Waals surface area contributed by atoms with Crippen molar-refractivity contribution in [1.82, 2.24) is 9.78 Å². The van der Waals surface area contributed by atoms with Crippen LogP contribution in [0.3, 0.4) is 0 Å². The maximum atomic E-state index is 12.4.